The van der Waals surface area contributed by atoms with Crippen LogP contribution in [0.3, 0.4) is 0 Å². The molecular formula is C8H17NO. The molecule has 0 fully saturated rings. The molecule has 1 unspecified atom stereocenters. The lowest BCUT2D eigenvalue weighted by Crippen LogP contribution is -2.31. The number of nitrogens with one attached hydrogen (secondary N) is 1. The van der Waals surface area contributed by atoms with E-state index < -0.39 is 31.1 Å². The van der Waals surface area contributed by atoms with Gasteiger partial charge in [-0.3, -0.25) is 4.79 Å². The quantitative estimate of drug-likeness (QED) is 0.650. The Bertz CT molecular complexity index is 299. The first-order valence-corrected chi connectivity index (χ1v) is 3.06. The van der Waals surface area contributed by atoms with E-state index in [9.17, 15) is 4.79 Å². The molecule has 0 aliphatic rings. The van der Waals surface area contributed by atoms with Crippen LogP contribution in [0.2, 0.25) is 1.41 Å². The molecule has 0 bridgehead atoms. The van der Waals surface area contributed by atoms with Gasteiger partial charge in [0.1, 0.15) is 0 Å². The summed E-state index contributed by atoms with van der Waals surface area (Å²) in [6, 6.07) is -2.27. The fraction of sp³-hybridized carbons (Fsp3) is 0.875. The lowest BCUT2D eigenvalue weighted by atomic mass is 10.1. The van der Waals surface area contributed by atoms with Crippen LogP contribution < -0.4 is 5.31 Å². The van der Waals surface area contributed by atoms with E-state index >= 15 is 0 Å². The van der Waals surface area contributed by atoms with E-state index in [1.54, 1.807) is 0 Å². The SMILES string of the molecule is [2H]N(C(C)=O)[C@]([2H])(C)C([2H])([2H])C(C)C([2H])([2H])[2H]. The van der Waals surface area contributed by atoms with Crippen LogP contribution in [0.5, 0.6) is 0 Å². The highest BCUT2D eigenvalue weighted by Gasteiger charge is 2.04. The molecule has 2 nitrogen and oxygen atoms in total. The minimum Gasteiger partial charge on any atom is -0.354 e. The normalized spacial score (nSPS) is 32.1. The highest BCUT2D eigenvalue weighted by atomic mass is 16.1. The maximum atomic E-state index is 11.0. The number of rotatable bonds is 3. The summed E-state index contributed by atoms with van der Waals surface area (Å²) >= 11 is 0. The topological polar surface area (TPSA) is 29.1 Å². The van der Waals surface area contributed by atoms with E-state index in [1.807, 2.05) is 0 Å². The molecule has 0 saturated heterocycles. The van der Waals surface area contributed by atoms with Gasteiger partial charge in [0.15, 0.2) is 1.41 Å². The Morgan fingerprint density at radius 1 is 2.00 bits per heavy atom. The summed E-state index contributed by atoms with van der Waals surface area (Å²) in [5, 5.41) is 0.162. The Hall–Kier alpha value is -0.530. The molecular weight excluding hydrogens is 126 g/mol. The molecule has 2 heteroatoms. The van der Waals surface area contributed by atoms with Gasteiger partial charge in [-0.1, -0.05) is 13.8 Å². The van der Waals surface area contributed by atoms with Gasteiger partial charge >= 0.3 is 0 Å². The van der Waals surface area contributed by atoms with Crippen molar-refractivity contribution in [1.29, 1.82) is 0 Å². The van der Waals surface area contributed by atoms with E-state index in [-0.39, 0.29) is 5.31 Å². The van der Waals surface area contributed by atoms with Crippen molar-refractivity contribution < 1.29 is 14.4 Å². The maximum absolute atomic E-state index is 11.0. The smallest absolute Gasteiger partial charge is 0.217 e. The van der Waals surface area contributed by atoms with Crippen molar-refractivity contribution in [1.82, 2.24) is 5.31 Å². The molecule has 10 heavy (non-hydrogen) atoms. The maximum Gasteiger partial charge on any atom is 0.217 e. The van der Waals surface area contributed by atoms with Crippen LogP contribution in [-0.4, -0.2) is 11.9 Å². The first-order chi connectivity index (χ1) is 7.26. The second-order valence-electron chi connectivity index (χ2n) is 2.08. The molecule has 1 N–H and O–H groups in total. The molecule has 0 aromatic carbocycles. The number of amides is 1. The molecule has 0 spiro atoms. The Kier molecular flexibility index (Phi) is 1.22. The largest absolute Gasteiger partial charge is 0.354 e. The Balaban J connectivity index is 5.37. The highest BCUT2D eigenvalue weighted by molar-refractivity contribution is 5.73. The Labute approximate surface area is 72.9 Å². The van der Waals surface area contributed by atoms with Crippen LogP contribution in [0.25, 0.3) is 0 Å². The predicted octanol–water partition coefficient (Wildman–Crippen LogP) is 1.56. The van der Waals surface area contributed by atoms with Gasteiger partial charge in [0, 0.05) is 19.8 Å². The van der Waals surface area contributed by atoms with Crippen LogP contribution >= 0.6 is 0 Å². The van der Waals surface area contributed by atoms with Crippen molar-refractivity contribution in [3.8, 4) is 0 Å². The summed E-state index contributed by atoms with van der Waals surface area (Å²) in [5.74, 6) is -2.28. The van der Waals surface area contributed by atoms with E-state index in [2.05, 4.69) is 0 Å². The van der Waals surface area contributed by atoms with Crippen LogP contribution in [0.1, 0.15) is 42.2 Å². The first-order valence-electron chi connectivity index (χ1n) is 6.50. The fourth-order valence-electron chi connectivity index (χ4n) is 0.582. The molecule has 0 aromatic heterocycles. The van der Waals surface area contributed by atoms with E-state index in [0.29, 0.717) is 0 Å². The first kappa shape index (κ1) is 2.84. The van der Waals surface area contributed by atoms with Gasteiger partial charge in [-0.25, -0.2) is 0 Å². The number of carbonyl (C=O) groups excluding carboxylic acids is 1. The molecule has 0 radical (unpaired) electrons. The second kappa shape index (κ2) is 4.31. The summed E-state index contributed by atoms with van der Waals surface area (Å²) in [7, 11) is 0. The third kappa shape index (κ3) is 5.60. The zero-order valence-electron chi connectivity index (χ0n) is 13.4. The zero-order valence-corrected chi connectivity index (χ0v) is 6.43. The third-order valence-corrected chi connectivity index (χ3v) is 0.751. The van der Waals surface area contributed by atoms with Gasteiger partial charge in [-0.05, 0) is 19.2 Å². The number of carbonyl (C=O) groups is 1. The minimum absolute atomic E-state index is 0.162. The predicted molar refractivity (Wildman–Crippen MR) is 42.7 cm³/mol. The lowest BCUT2D eigenvalue weighted by molar-refractivity contribution is -0.119. The average molecular weight is 150 g/mol. The van der Waals surface area contributed by atoms with Crippen LogP contribution in [0.4, 0.5) is 0 Å². The summed E-state index contributed by atoms with van der Waals surface area (Å²) < 4.78 is 52.1. The van der Waals surface area contributed by atoms with Crippen LogP contribution in [-0.2, 0) is 4.79 Å². The van der Waals surface area contributed by atoms with E-state index in [0.717, 1.165) is 20.8 Å². The minimum atomic E-state index is -2.59. The number of hydrogen-bond acceptors (Lipinski definition) is 1. The molecule has 0 rings (SSSR count). The summed E-state index contributed by atoms with van der Waals surface area (Å²) in [6.07, 6.45) is -2.54. The summed E-state index contributed by atoms with van der Waals surface area (Å²) in [5.41, 5.74) is 0. The third-order valence-electron chi connectivity index (χ3n) is 0.751. The molecule has 0 heterocycles. The van der Waals surface area contributed by atoms with Gasteiger partial charge in [0.25, 0.3) is 0 Å². The molecule has 60 valence electrons. The monoisotopic (exact) mass is 150 g/mol. The summed E-state index contributed by atoms with van der Waals surface area (Å²) in [4.78, 5) is 11.0. The van der Waals surface area contributed by atoms with Gasteiger partial charge in [-0.2, -0.15) is 0 Å². The summed E-state index contributed by atoms with van der Waals surface area (Å²) in [6.45, 7) is 0.594. The van der Waals surface area contributed by atoms with Crippen molar-refractivity contribution in [2.45, 2.75) is 40.0 Å². The van der Waals surface area contributed by atoms with Gasteiger partial charge in [-0.15, -0.1) is 0 Å². The van der Waals surface area contributed by atoms with Crippen LogP contribution in [0.15, 0.2) is 0 Å². The lowest BCUT2D eigenvalue weighted by Gasteiger charge is -2.13. The molecule has 0 aromatic rings. The van der Waals surface area contributed by atoms with Crippen molar-refractivity contribution in [2.75, 3.05) is 0 Å². The van der Waals surface area contributed by atoms with Gasteiger partial charge < -0.3 is 5.31 Å². The molecule has 2 atom stereocenters. The van der Waals surface area contributed by atoms with Crippen molar-refractivity contribution in [3.05, 3.63) is 0 Å². The van der Waals surface area contributed by atoms with Crippen LogP contribution in [0, 0.1) is 5.92 Å². The second-order valence-corrected chi connectivity index (χ2v) is 2.08. The molecule has 0 aliphatic carbocycles. The highest BCUT2D eigenvalue weighted by Crippen LogP contribution is 2.02. The molecule has 0 saturated carbocycles. The zero-order chi connectivity index (χ0) is 14.2. The Morgan fingerprint density at radius 3 is 3.00 bits per heavy atom. The van der Waals surface area contributed by atoms with Crippen molar-refractivity contribution in [3.63, 3.8) is 0 Å². The molecule has 0 aliphatic heterocycles. The average Bonchev–Trinajstić information content (AvgIpc) is 2.13. The molecule has 1 amide bonds. The van der Waals surface area contributed by atoms with Crippen molar-refractivity contribution >= 4 is 5.91 Å². The Morgan fingerprint density at radius 2 is 2.60 bits per heavy atom. The fourth-order valence-corrected chi connectivity index (χ4v) is 0.582. The van der Waals surface area contributed by atoms with E-state index in [4.69, 9.17) is 9.64 Å². The standard InChI is InChI=1S/C8H17NO/c1-6(2)5-7(3)9-8(4)10/h6-7H,5H2,1-4H3,(H,9,10)/t7-/m1/s1/i1D3,5D2,7D/hD/t6?,7-. The van der Waals surface area contributed by atoms with E-state index in [1.165, 1.54) is 0 Å². The number of hydrogen-bond donors (Lipinski definition) is 1. The van der Waals surface area contributed by atoms with Gasteiger partial charge in [0.2, 0.25) is 5.91 Å². The van der Waals surface area contributed by atoms with Crippen molar-refractivity contribution in [2.24, 2.45) is 5.92 Å². The van der Waals surface area contributed by atoms with Gasteiger partial charge in [0.05, 0.1) is 1.37 Å².